The Bertz CT molecular complexity index is 456. The standard InChI is InChI=1S/C14H21N3O2/c1-17(2)12-6-4-3-5-11(12)16-13(19)15-9-14(10-18)7-8-14/h3-6,18H,7-10H2,1-2H3,(H2,15,16,19). The molecule has 1 aromatic rings. The summed E-state index contributed by atoms with van der Waals surface area (Å²) in [7, 11) is 3.87. The zero-order valence-corrected chi connectivity index (χ0v) is 11.4. The first-order chi connectivity index (χ1) is 9.06. The first-order valence-electron chi connectivity index (χ1n) is 6.48. The topological polar surface area (TPSA) is 64.6 Å². The van der Waals surface area contributed by atoms with Gasteiger partial charge >= 0.3 is 6.03 Å². The third kappa shape index (κ3) is 3.38. The molecule has 0 spiro atoms. The van der Waals surface area contributed by atoms with E-state index in [0.717, 1.165) is 24.2 Å². The van der Waals surface area contributed by atoms with Crippen molar-refractivity contribution in [2.75, 3.05) is 37.5 Å². The van der Waals surface area contributed by atoms with Crippen LogP contribution in [-0.4, -0.2) is 38.4 Å². The molecule has 0 unspecified atom stereocenters. The fourth-order valence-electron chi connectivity index (χ4n) is 1.97. The Kier molecular flexibility index (Phi) is 3.95. The van der Waals surface area contributed by atoms with E-state index in [1.807, 2.05) is 43.3 Å². The Labute approximate surface area is 113 Å². The van der Waals surface area contributed by atoms with Crippen LogP contribution in [-0.2, 0) is 0 Å². The van der Waals surface area contributed by atoms with Gasteiger partial charge in [-0.15, -0.1) is 0 Å². The molecule has 5 heteroatoms. The summed E-state index contributed by atoms with van der Waals surface area (Å²) in [6.07, 6.45) is 1.97. The number of hydrogen-bond donors (Lipinski definition) is 3. The minimum atomic E-state index is -0.228. The summed E-state index contributed by atoms with van der Waals surface area (Å²) >= 11 is 0. The largest absolute Gasteiger partial charge is 0.396 e. The van der Waals surface area contributed by atoms with Gasteiger partial charge in [0.25, 0.3) is 0 Å². The summed E-state index contributed by atoms with van der Waals surface area (Å²) in [6, 6.07) is 7.41. The van der Waals surface area contributed by atoms with Crippen molar-refractivity contribution in [3.05, 3.63) is 24.3 Å². The van der Waals surface area contributed by atoms with Crippen LogP contribution < -0.4 is 15.5 Å². The molecular weight excluding hydrogens is 242 g/mol. The van der Waals surface area contributed by atoms with Crippen LogP contribution in [0.3, 0.4) is 0 Å². The molecule has 1 saturated carbocycles. The molecule has 0 bridgehead atoms. The molecule has 19 heavy (non-hydrogen) atoms. The lowest BCUT2D eigenvalue weighted by Gasteiger charge is -2.18. The summed E-state index contributed by atoms with van der Waals surface area (Å²) < 4.78 is 0. The third-order valence-electron chi connectivity index (χ3n) is 3.55. The zero-order chi connectivity index (χ0) is 13.9. The van der Waals surface area contributed by atoms with E-state index in [9.17, 15) is 9.90 Å². The molecule has 0 aromatic heterocycles. The maximum absolute atomic E-state index is 11.9. The maximum atomic E-state index is 11.9. The van der Waals surface area contributed by atoms with Crippen molar-refractivity contribution in [3.63, 3.8) is 0 Å². The van der Waals surface area contributed by atoms with E-state index in [1.54, 1.807) is 0 Å². The van der Waals surface area contributed by atoms with E-state index in [-0.39, 0.29) is 18.1 Å². The normalized spacial score (nSPS) is 15.7. The number of para-hydroxylation sites is 2. The molecule has 5 nitrogen and oxygen atoms in total. The first kappa shape index (κ1) is 13.7. The number of rotatable bonds is 5. The van der Waals surface area contributed by atoms with Gasteiger partial charge < -0.3 is 20.6 Å². The molecule has 1 aliphatic carbocycles. The van der Waals surface area contributed by atoms with Crippen molar-refractivity contribution in [2.45, 2.75) is 12.8 Å². The predicted octanol–water partition coefficient (Wildman–Crippen LogP) is 1.65. The van der Waals surface area contributed by atoms with E-state index in [2.05, 4.69) is 10.6 Å². The average Bonchev–Trinajstić information content (AvgIpc) is 3.17. The van der Waals surface area contributed by atoms with Crippen molar-refractivity contribution in [1.29, 1.82) is 0 Å². The van der Waals surface area contributed by atoms with Gasteiger partial charge in [-0.25, -0.2) is 4.79 Å². The zero-order valence-electron chi connectivity index (χ0n) is 11.4. The smallest absolute Gasteiger partial charge is 0.319 e. The molecule has 0 atom stereocenters. The van der Waals surface area contributed by atoms with Crippen LogP contribution in [0.15, 0.2) is 24.3 Å². The van der Waals surface area contributed by atoms with Crippen LogP contribution in [0.2, 0.25) is 0 Å². The van der Waals surface area contributed by atoms with Gasteiger partial charge in [-0.2, -0.15) is 0 Å². The lowest BCUT2D eigenvalue weighted by atomic mass is 10.1. The van der Waals surface area contributed by atoms with Crippen LogP contribution in [0.5, 0.6) is 0 Å². The quantitative estimate of drug-likeness (QED) is 0.757. The predicted molar refractivity (Wildman–Crippen MR) is 76.5 cm³/mol. The maximum Gasteiger partial charge on any atom is 0.319 e. The van der Waals surface area contributed by atoms with Gasteiger partial charge in [0.2, 0.25) is 0 Å². The molecule has 3 N–H and O–H groups in total. The highest BCUT2D eigenvalue weighted by Gasteiger charge is 2.42. The van der Waals surface area contributed by atoms with Gasteiger partial charge in [-0.05, 0) is 25.0 Å². The molecule has 2 rings (SSSR count). The monoisotopic (exact) mass is 263 g/mol. The van der Waals surface area contributed by atoms with E-state index >= 15 is 0 Å². The Morgan fingerprint density at radius 3 is 2.63 bits per heavy atom. The number of anilines is 2. The summed E-state index contributed by atoms with van der Waals surface area (Å²) in [6.45, 7) is 0.668. The number of aliphatic hydroxyl groups is 1. The molecular formula is C14H21N3O2. The summed E-state index contributed by atoms with van der Waals surface area (Å²) in [4.78, 5) is 13.8. The second-order valence-corrected chi connectivity index (χ2v) is 5.38. The van der Waals surface area contributed by atoms with Crippen molar-refractivity contribution >= 4 is 17.4 Å². The van der Waals surface area contributed by atoms with Crippen LogP contribution >= 0.6 is 0 Å². The number of nitrogens with zero attached hydrogens (tertiary/aromatic N) is 1. The fraction of sp³-hybridized carbons (Fsp3) is 0.500. The lowest BCUT2D eigenvalue weighted by Crippen LogP contribution is -2.35. The number of carbonyl (C=O) groups excluding carboxylic acids is 1. The van der Waals surface area contributed by atoms with E-state index in [4.69, 9.17) is 0 Å². The SMILES string of the molecule is CN(C)c1ccccc1NC(=O)NCC1(CO)CC1. The van der Waals surface area contributed by atoms with Crippen molar-refractivity contribution in [2.24, 2.45) is 5.41 Å². The highest BCUT2D eigenvalue weighted by Crippen LogP contribution is 2.44. The van der Waals surface area contributed by atoms with Gasteiger partial charge in [0, 0.05) is 26.1 Å². The number of hydrogen-bond acceptors (Lipinski definition) is 3. The van der Waals surface area contributed by atoms with E-state index in [0.29, 0.717) is 6.54 Å². The number of carbonyl (C=O) groups is 1. The second-order valence-electron chi connectivity index (χ2n) is 5.38. The summed E-state index contributed by atoms with van der Waals surface area (Å²) in [5.74, 6) is 0. The lowest BCUT2D eigenvalue weighted by molar-refractivity contribution is 0.206. The second kappa shape index (κ2) is 5.48. The van der Waals surface area contributed by atoms with Crippen molar-refractivity contribution < 1.29 is 9.90 Å². The molecule has 0 radical (unpaired) electrons. The number of benzene rings is 1. The van der Waals surface area contributed by atoms with Gasteiger partial charge in [0.1, 0.15) is 0 Å². The van der Waals surface area contributed by atoms with Crippen molar-refractivity contribution in [1.82, 2.24) is 5.32 Å². The Morgan fingerprint density at radius 1 is 1.37 bits per heavy atom. The minimum absolute atomic E-state index is 0.0710. The Morgan fingerprint density at radius 2 is 2.05 bits per heavy atom. The number of amides is 2. The highest BCUT2D eigenvalue weighted by molar-refractivity contribution is 5.93. The Hall–Kier alpha value is -1.75. The molecule has 1 fully saturated rings. The molecule has 2 amide bonds. The summed E-state index contributed by atoms with van der Waals surface area (Å²) in [5.41, 5.74) is 1.66. The molecule has 104 valence electrons. The van der Waals surface area contributed by atoms with Crippen molar-refractivity contribution in [3.8, 4) is 0 Å². The van der Waals surface area contributed by atoms with Gasteiger partial charge in [-0.1, -0.05) is 12.1 Å². The van der Waals surface area contributed by atoms with Gasteiger partial charge in [0.05, 0.1) is 18.0 Å². The third-order valence-corrected chi connectivity index (χ3v) is 3.55. The molecule has 1 aromatic carbocycles. The average molecular weight is 263 g/mol. The van der Waals surface area contributed by atoms with Crippen LogP contribution in [0.25, 0.3) is 0 Å². The first-order valence-corrected chi connectivity index (χ1v) is 6.48. The van der Waals surface area contributed by atoms with Gasteiger partial charge in [0.15, 0.2) is 0 Å². The molecule has 1 aliphatic rings. The minimum Gasteiger partial charge on any atom is -0.396 e. The fourth-order valence-corrected chi connectivity index (χ4v) is 1.97. The number of urea groups is 1. The molecule has 0 heterocycles. The van der Waals surface area contributed by atoms with Crippen LogP contribution in [0.1, 0.15) is 12.8 Å². The molecule has 0 aliphatic heterocycles. The molecule has 0 saturated heterocycles. The van der Waals surface area contributed by atoms with E-state index in [1.165, 1.54) is 0 Å². The van der Waals surface area contributed by atoms with E-state index < -0.39 is 0 Å². The van der Waals surface area contributed by atoms with Crippen LogP contribution in [0, 0.1) is 5.41 Å². The Balaban J connectivity index is 1.92. The summed E-state index contributed by atoms with van der Waals surface area (Å²) in [5, 5.41) is 14.9. The number of aliphatic hydroxyl groups excluding tert-OH is 1. The van der Waals surface area contributed by atoms with Crippen LogP contribution in [0.4, 0.5) is 16.2 Å². The number of nitrogens with one attached hydrogen (secondary N) is 2. The van der Waals surface area contributed by atoms with Gasteiger partial charge in [-0.3, -0.25) is 0 Å². The highest BCUT2D eigenvalue weighted by atomic mass is 16.3.